The first-order valence-electron chi connectivity index (χ1n) is 7.98. The van der Waals surface area contributed by atoms with Crippen molar-refractivity contribution in [2.75, 3.05) is 7.11 Å². The summed E-state index contributed by atoms with van der Waals surface area (Å²) in [5.74, 6) is 1.04. The van der Waals surface area contributed by atoms with Gasteiger partial charge in [0.2, 0.25) is 0 Å². The van der Waals surface area contributed by atoms with Crippen molar-refractivity contribution in [3.63, 3.8) is 0 Å². The molecule has 0 aliphatic carbocycles. The second-order valence-corrected chi connectivity index (χ2v) is 8.01. The molecule has 1 heterocycles. The molecule has 3 rings (SSSR count). The maximum absolute atomic E-state index is 12.9. The summed E-state index contributed by atoms with van der Waals surface area (Å²) in [6, 6.07) is 12.5. The number of alkyl halides is 3. The number of ether oxygens (including phenoxy) is 1. The Balaban J connectivity index is 1.78. The summed E-state index contributed by atoms with van der Waals surface area (Å²) >= 11 is 8.40. The highest BCUT2D eigenvalue weighted by atomic mass is 35.5. The van der Waals surface area contributed by atoms with Crippen LogP contribution in [-0.2, 0) is 11.9 Å². The molecule has 0 amide bonds. The highest BCUT2D eigenvalue weighted by Crippen LogP contribution is 2.37. The molecule has 1 aromatic heterocycles. The Kier molecular flexibility index (Phi) is 6.74. The van der Waals surface area contributed by atoms with Gasteiger partial charge in [-0.25, -0.2) is 9.97 Å². The lowest BCUT2D eigenvalue weighted by atomic mass is 10.2. The monoisotopic (exact) mass is 442 g/mol. The molecule has 3 aromatic rings. The molecule has 0 saturated carbocycles. The van der Waals surface area contributed by atoms with Crippen LogP contribution in [0.25, 0.3) is 0 Å². The fraction of sp³-hybridized carbons (Fsp3) is 0.158. The first-order chi connectivity index (χ1) is 13.3. The van der Waals surface area contributed by atoms with E-state index in [9.17, 15) is 13.2 Å². The lowest BCUT2D eigenvalue weighted by Crippen LogP contribution is -2.04. The third-order valence-corrected chi connectivity index (χ3v) is 5.74. The number of nitrogens with zero attached hydrogens (tertiary/aromatic N) is 2. The molecule has 0 N–H and O–H groups in total. The maximum atomic E-state index is 12.9. The van der Waals surface area contributed by atoms with Gasteiger partial charge in [0.05, 0.1) is 18.9 Å². The molecule has 28 heavy (non-hydrogen) atoms. The first kappa shape index (κ1) is 20.8. The Bertz CT molecular complexity index is 953. The van der Waals surface area contributed by atoms with E-state index in [1.165, 1.54) is 31.1 Å². The molecule has 0 atom stereocenters. The van der Waals surface area contributed by atoms with Crippen LogP contribution in [0.2, 0.25) is 5.02 Å². The highest BCUT2D eigenvalue weighted by Gasteiger charge is 2.30. The standard InChI is InChI=1S/C19H14ClF3N2OS2/c1-26-16-10-24-18(27-11-12-5-7-14(20)8-6-12)25-17(16)28-15-4-2-3-13(9-15)19(21,22)23/h2-10H,11H2,1H3. The quantitative estimate of drug-likeness (QED) is 0.244. The van der Waals surface area contributed by atoms with Crippen LogP contribution < -0.4 is 4.74 Å². The van der Waals surface area contributed by atoms with E-state index in [4.69, 9.17) is 16.3 Å². The summed E-state index contributed by atoms with van der Waals surface area (Å²) in [7, 11) is 1.47. The van der Waals surface area contributed by atoms with Crippen LogP contribution in [0.4, 0.5) is 13.2 Å². The van der Waals surface area contributed by atoms with Crippen molar-refractivity contribution in [1.82, 2.24) is 9.97 Å². The number of methoxy groups -OCH3 is 1. The minimum absolute atomic E-state index is 0.401. The molecule has 0 fully saturated rings. The second-order valence-electron chi connectivity index (χ2n) is 5.57. The van der Waals surface area contributed by atoms with E-state index in [0.717, 1.165) is 29.5 Å². The van der Waals surface area contributed by atoms with Gasteiger partial charge in [-0.1, -0.05) is 53.3 Å². The Morgan fingerprint density at radius 2 is 1.86 bits per heavy atom. The molecule has 0 unspecified atom stereocenters. The molecular weight excluding hydrogens is 429 g/mol. The summed E-state index contributed by atoms with van der Waals surface area (Å²) < 4.78 is 44.0. The van der Waals surface area contributed by atoms with Crippen molar-refractivity contribution in [3.8, 4) is 5.75 Å². The average molecular weight is 443 g/mol. The summed E-state index contributed by atoms with van der Waals surface area (Å²) in [5.41, 5.74) is 0.351. The fourth-order valence-electron chi connectivity index (χ4n) is 2.20. The SMILES string of the molecule is COc1cnc(SCc2ccc(Cl)cc2)nc1Sc1cccc(C(F)(F)F)c1. The molecular formula is C19H14ClF3N2OS2. The third-order valence-electron chi connectivity index (χ3n) is 3.58. The van der Waals surface area contributed by atoms with Gasteiger partial charge >= 0.3 is 6.18 Å². The maximum Gasteiger partial charge on any atom is 0.416 e. The van der Waals surface area contributed by atoms with Crippen LogP contribution in [0.1, 0.15) is 11.1 Å². The van der Waals surface area contributed by atoms with Gasteiger partial charge in [-0.2, -0.15) is 13.2 Å². The lowest BCUT2D eigenvalue weighted by Gasteiger charge is -2.11. The Morgan fingerprint density at radius 3 is 2.54 bits per heavy atom. The summed E-state index contributed by atoms with van der Waals surface area (Å²) in [6.07, 6.45) is -2.88. The predicted molar refractivity (Wildman–Crippen MR) is 105 cm³/mol. The van der Waals surface area contributed by atoms with Crippen LogP contribution in [0.5, 0.6) is 5.75 Å². The Labute approximate surface area is 173 Å². The Morgan fingerprint density at radius 1 is 1.11 bits per heavy atom. The normalized spacial score (nSPS) is 11.5. The van der Waals surface area contributed by atoms with Crippen LogP contribution in [0.15, 0.2) is 69.8 Å². The number of hydrogen-bond acceptors (Lipinski definition) is 5. The van der Waals surface area contributed by atoms with Gasteiger partial charge in [-0.3, -0.25) is 0 Å². The van der Waals surface area contributed by atoms with Gasteiger partial charge < -0.3 is 4.74 Å². The van der Waals surface area contributed by atoms with Crippen LogP contribution in [-0.4, -0.2) is 17.1 Å². The molecule has 0 radical (unpaired) electrons. The highest BCUT2D eigenvalue weighted by molar-refractivity contribution is 7.99. The first-order valence-corrected chi connectivity index (χ1v) is 10.2. The van der Waals surface area contributed by atoms with Crippen molar-refractivity contribution in [1.29, 1.82) is 0 Å². The molecule has 0 aliphatic heterocycles. The molecule has 9 heteroatoms. The average Bonchev–Trinajstić information content (AvgIpc) is 2.67. The summed E-state index contributed by atoms with van der Waals surface area (Å²) in [6.45, 7) is 0. The van der Waals surface area contributed by atoms with Crippen molar-refractivity contribution in [2.45, 2.75) is 27.0 Å². The van der Waals surface area contributed by atoms with Crippen LogP contribution in [0.3, 0.4) is 0 Å². The molecule has 0 saturated heterocycles. The molecule has 0 spiro atoms. The zero-order valence-electron chi connectivity index (χ0n) is 14.5. The molecule has 2 aromatic carbocycles. The van der Waals surface area contributed by atoms with E-state index in [1.807, 2.05) is 12.1 Å². The van der Waals surface area contributed by atoms with E-state index in [1.54, 1.807) is 18.2 Å². The number of thioether (sulfide) groups is 1. The van der Waals surface area contributed by atoms with E-state index in [0.29, 0.717) is 31.6 Å². The number of hydrogen-bond donors (Lipinski definition) is 0. The topological polar surface area (TPSA) is 35.0 Å². The van der Waals surface area contributed by atoms with Gasteiger partial charge in [0.15, 0.2) is 10.9 Å². The number of halogens is 4. The molecule has 146 valence electrons. The molecule has 0 aliphatic rings. The van der Waals surface area contributed by atoms with Crippen molar-refractivity contribution < 1.29 is 17.9 Å². The number of benzene rings is 2. The number of rotatable bonds is 6. The lowest BCUT2D eigenvalue weighted by molar-refractivity contribution is -0.137. The van der Waals surface area contributed by atoms with Gasteiger partial charge in [-0.05, 0) is 35.9 Å². The van der Waals surface area contributed by atoms with Gasteiger partial charge in [0.25, 0.3) is 0 Å². The zero-order valence-corrected chi connectivity index (χ0v) is 16.9. The van der Waals surface area contributed by atoms with Crippen molar-refractivity contribution in [2.24, 2.45) is 0 Å². The van der Waals surface area contributed by atoms with E-state index in [2.05, 4.69) is 9.97 Å². The van der Waals surface area contributed by atoms with Gasteiger partial charge in [0.1, 0.15) is 5.03 Å². The van der Waals surface area contributed by atoms with Crippen LogP contribution >= 0.6 is 35.1 Å². The van der Waals surface area contributed by atoms with Crippen molar-refractivity contribution >= 4 is 35.1 Å². The molecule has 0 bridgehead atoms. The van der Waals surface area contributed by atoms with Crippen LogP contribution in [0, 0.1) is 0 Å². The fourth-order valence-corrected chi connectivity index (χ4v) is 4.08. The smallest absolute Gasteiger partial charge is 0.416 e. The second kappa shape index (κ2) is 9.07. The molecule has 3 nitrogen and oxygen atoms in total. The third kappa shape index (κ3) is 5.56. The van der Waals surface area contributed by atoms with E-state index < -0.39 is 11.7 Å². The van der Waals surface area contributed by atoms with Gasteiger partial charge in [-0.15, -0.1) is 0 Å². The Hall–Kier alpha value is -1.90. The zero-order chi connectivity index (χ0) is 20.1. The predicted octanol–water partition coefficient (Wildman–Crippen LogP) is 6.60. The van der Waals surface area contributed by atoms with E-state index in [-0.39, 0.29) is 0 Å². The number of aromatic nitrogens is 2. The van der Waals surface area contributed by atoms with Gasteiger partial charge in [0, 0.05) is 15.7 Å². The van der Waals surface area contributed by atoms with Crippen molar-refractivity contribution in [3.05, 3.63) is 70.9 Å². The minimum Gasteiger partial charge on any atom is -0.492 e. The summed E-state index contributed by atoms with van der Waals surface area (Å²) in [5, 5.41) is 1.62. The summed E-state index contributed by atoms with van der Waals surface area (Å²) in [4.78, 5) is 9.11. The minimum atomic E-state index is -4.40. The largest absolute Gasteiger partial charge is 0.492 e. The van der Waals surface area contributed by atoms with E-state index >= 15 is 0 Å².